The first kappa shape index (κ1) is 15.6. The lowest BCUT2D eigenvalue weighted by atomic mass is 10.2. The van der Waals surface area contributed by atoms with Crippen molar-refractivity contribution in [3.8, 4) is 5.75 Å². The molecule has 0 aliphatic heterocycles. The van der Waals surface area contributed by atoms with Gasteiger partial charge in [0.2, 0.25) is 5.91 Å². The summed E-state index contributed by atoms with van der Waals surface area (Å²) in [6, 6.07) is 5.45. The van der Waals surface area contributed by atoms with Crippen LogP contribution in [-0.4, -0.2) is 25.6 Å². The van der Waals surface area contributed by atoms with Gasteiger partial charge < -0.3 is 15.4 Å². The highest BCUT2D eigenvalue weighted by Crippen LogP contribution is 2.27. The predicted molar refractivity (Wildman–Crippen MR) is 79.0 cm³/mol. The Hall–Kier alpha value is -1.42. The van der Waals surface area contributed by atoms with E-state index in [1.165, 1.54) is 0 Å². The SMILES string of the molecule is CCCC(C)NC(=O)CNc1cc(Cl)ccc1OC. The Balaban J connectivity index is 2.52. The van der Waals surface area contributed by atoms with Crippen LogP contribution in [-0.2, 0) is 4.79 Å². The maximum atomic E-state index is 11.7. The van der Waals surface area contributed by atoms with Gasteiger partial charge in [-0.2, -0.15) is 0 Å². The van der Waals surface area contributed by atoms with Gasteiger partial charge in [0, 0.05) is 11.1 Å². The van der Waals surface area contributed by atoms with Gasteiger partial charge in [0.25, 0.3) is 0 Å². The maximum Gasteiger partial charge on any atom is 0.239 e. The van der Waals surface area contributed by atoms with Crippen molar-refractivity contribution in [3.05, 3.63) is 23.2 Å². The van der Waals surface area contributed by atoms with Crippen molar-refractivity contribution < 1.29 is 9.53 Å². The van der Waals surface area contributed by atoms with Crippen LogP contribution < -0.4 is 15.4 Å². The zero-order chi connectivity index (χ0) is 14.3. The van der Waals surface area contributed by atoms with Gasteiger partial charge in [0.05, 0.1) is 19.3 Å². The molecule has 0 aliphatic rings. The van der Waals surface area contributed by atoms with Crippen molar-refractivity contribution in [2.24, 2.45) is 0 Å². The summed E-state index contributed by atoms with van der Waals surface area (Å²) in [6.45, 7) is 4.30. The van der Waals surface area contributed by atoms with Crippen LogP contribution in [0.2, 0.25) is 5.02 Å². The van der Waals surface area contributed by atoms with Gasteiger partial charge in [0.15, 0.2) is 0 Å². The molecule has 0 spiro atoms. The minimum absolute atomic E-state index is 0.0389. The zero-order valence-corrected chi connectivity index (χ0v) is 12.4. The molecule has 19 heavy (non-hydrogen) atoms. The molecule has 1 aromatic rings. The molecule has 0 heterocycles. The molecular weight excluding hydrogens is 264 g/mol. The topological polar surface area (TPSA) is 50.4 Å². The Morgan fingerprint density at radius 2 is 2.21 bits per heavy atom. The first-order valence-electron chi connectivity index (χ1n) is 6.43. The van der Waals surface area contributed by atoms with Gasteiger partial charge in [-0.25, -0.2) is 0 Å². The van der Waals surface area contributed by atoms with E-state index in [9.17, 15) is 4.79 Å². The van der Waals surface area contributed by atoms with Crippen LogP contribution in [0.1, 0.15) is 26.7 Å². The third kappa shape index (κ3) is 5.39. The molecular formula is C14H21ClN2O2. The van der Waals surface area contributed by atoms with E-state index in [1.54, 1.807) is 25.3 Å². The van der Waals surface area contributed by atoms with E-state index in [0.717, 1.165) is 12.8 Å². The quantitative estimate of drug-likeness (QED) is 0.809. The average Bonchev–Trinajstić information content (AvgIpc) is 2.36. The predicted octanol–water partition coefficient (Wildman–Crippen LogP) is 3.07. The van der Waals surface area contributed by atoms with E-state index in [1.807, 2.05) is 6.92 Å². The second-order valence-electron chi connectivity index (χ2n) is 4.46. The highest BCUT2D eigenvalue weighted by atomic mass is 35.5. The van der Waals surface area contributed by atoms with E-state index in [4.69, 9.17) is 16.3 Å². The highest BCUT2D eigenvalue weighted by molar-refractivity contribution is 6.30. The molecule has 1 amide bonds. The number of halogens is 1. The van der Waals surface area contributed by atoms with E-state index in [0.29, 0.717) is 16.5 Å². The van der Waals surface area contributed by atoms with Crippen molar-refractivity contribution in [1.82, 2.24) is 5.32 Å². The number of benzene rings is 1. The minimum atomic E-state index is -0.0389. The molecule has 0 fully saturated rings. The summed E-state index contributed by atoms with van der Waals surface area (Å²) in [5.41, 5.74) is 0.716. The smallest absolute Gasteiger partial charge is 0.239 e. The number of methoxy groups -OCH3 is 1. The molecule has 1 aromatic carbocycles. The molecule has 0 saturated carbocycles. The van der Waals surface area contributed by atoms with E-state index in [-0.39, 0.29) is 18.5 Å². The minimum Gasteiger partial charge on any atom is -0.495 e. The summed E-state index contributed by atoms with van der Waals surface area (Å²) in [5.74, 6) is 0.627. The Labute approximate surface area is 119 Å². The van der Waals surface area contributed by atoms with Crippen molar-refractivity contribution in [1.29, 1.82) is 0 Å². The third-order valence-corrected chi connectivity index (χ3v) is 2.97. The van der Waals surface area contributed by atoms with Gasteiger partial charge in [-0.3, -0.25) is 4.79 Å². The molecule has 0 radical (unpaired) electrons. The molecule has 0 saturated heterocycles. The summed E-state index contributed by atoms with van der Waals surface area (Å²) in [5, 5.41) is 6.56. The zero-order valence-electron chi connectivity index (χ0n) is 11.6. The fourth-order valence-electron chi connectivity index (χ4n) is 1.82. The molecule has 1 unspecified atom stereocenters. The number of carbonyl (C=O) groups excluding carboxylic acids is 1. The average molecular weight is 285 g/mol. The summed E-state index contributed by atoms with van der Waals surface area (Å²) in [4.78, 5) is 11.7. The first-order chi connectivity index (χ1) is 9.06. The fraction of sp³-hybridized carbons (Fsp3) is 0.500. The van der Waals surface area contributed by atoms with Crippen LogP contribution in [0.4, 0.5) is 5.69 Å². The van der Waals surface area contributed by atoms with Crippen molar-refractivity contribution >= 4 is 23.2 Å². The highest BCUT2D eigenvalue weighted by Gasteiger charge is 2.08. The van der Waals surface area contributed by atoms with E-state index < -0.39 is 0 Å². The normalized spacial score (nSPS) is 11.8. The van der Waals surface area contributed by atoms with E-state index in [2.05, 4.69) is 17.6 Å². The number of hydrogen-bond donors (Lipinski definition) is 2. The molecule has 0 bridgehead atoms. The summed E-state index contributed by atoms with van der Waals surface area (Å²) in [7, 11) is 1.58. The maximum absolute atomic E-state index is 11.7. The van der Waals surface area contributed by atoms with Crippen LogP contribution in [0.3, 0.4) is 0 Å². The molecule has 5 heteroatoms. The van der Waals surface area contributed by atoms with E-state index >= 15 is 0 Å². The number of hydrogen-bond acceptors (Lipinski definition) is 3. The van der Waals surface area contributed by atoms with Crippen LogP contribution in [0.5, 0.6) is 5.75 Å². The molecule has 4 nitrogen and oxygen atoms in total. The van der Waals surface area contributed by atoms with Crippen molar-refractivity contribution in [2.75, 3.05) is 19.0 Å². The van der Waals surface area contributed by atoms with Gasteiger partial charge in [-0.05, 0) is 31.5 Å². The summed E-state index contributed by atoms with van der Waals surface area (Å²) >= 11 is 5.92. The van der Waals surface area contributed by atoms with Crippen LogP contribution in [0, 0.1) is 0 Å². The molecule has 1 atom stereocenters. The van der Waals surface area contributed by atoms with Crippen molar-refractivity contribution in [3.63, 3.8) is 0 Å². The lowest BCUT2D eigenvalue weighted by Gasteiger charge is -2.15. The fourth-order valence-corrected chi connectivity index (χ4v) is 2.00. The lowest BCUT2D eigenvalue weighted by Crippen LogP contribution is -2.36. The number of amides is 1. The lowest BCUT2D eigenvalue weighted by molar-refractivity contribution is -0.120. The monoisotopic (exact) mass is 284 g/mol. The van der Waals surface area contributed by atoms with Gasteiger partial charge >= 0.3 is 0 Å². The number of carbonyl (C=O) groups is 1. The number of rotatable bonds is 7. The number of nitrogens with one attached hydrogen (secondary N) is 2. The Morgan fingerprint density at radius 1 is 1.47 bits per heavy atom. The Morgan fingerprint density at radius 3 is 2.84 bits per heavy atom. The van der Waals surface area contributed by atoms with Gasteiger partial charge in [0.1, 0.15) is 5.75 Å². The molecule has 1 rings (SSSR count). The first-order valence-corrected chi connectivity index (χ1v) is 6.81. The van der Waals surface area contributed by atoms with Crippen LogP contribution >= 0.6 is 11.6 Å². The van der Waals surface area contributed by atoms with Crippen LogP contribution in [0.25, 0.3) is 0 Å². The summed E-state index contributed by atoms with van der Waals surface area (Å²) in [6.07, 6.45) is 2.03. The second-order valence-corrected chi connectivity index (χ2v) is 4.89. The van der Waals surface area contributed by atoms with Gasteiger partial charge in [-0.1, -0.05) is 24.9 Å². The van der Waals surface area contributed by atoms with Crippen LogP contribution in [0.15, 0.2) is 18.2 Å². The Kier molecular flexibility index (Phi) is 6.50. The Bertz CT molecular complexity index is 424. The van der Waals surface area contributed by atoms with Crippen molar-refractivity contribution in [2.45, 2.75) is 32.7 Å². The largest absolute Gasteiger partial charge is 0.495 e. The second kappa shape index (κ2) is 7.89. The third-order valence-electron chi connectivity index (χ3n) is 2.73. The molecule has 0 aliphatic carbocycles. The number of anilines is 1. The molecule has 2 N–H and O–H groups in total. The molecule has 0 aromatic heterocycles. The van der Waals surface area contributed by atoms with Gasteiger partial charge in [-0.15, -0.1) is 0 Å². The number of ether oxygens (including phenoxy) is 1. The standard InChI is InChI=1S/C14H21ClN2O2/c1-4-5-10(2)17-14(18)9-16-12-8-11(15)6-7-13(12)19-3/h6-8,10,16H,4-5,9H2,1-3H3,(H,17,18). The summed E-state index contributed by atoms with van der Waals surface area (Å²) < 4.78 is 5.20. The molecule has 106 valence electrons.